The molecule has 6 heteroatoms. The summed E-state index contributed by atoms with van der Waals surface area (Å²) in [6.07, 6.45) is 6.57. The van der Waals surface area contributed by atoms with Crippen molar-refractivity contribution in [2.75, 3.05) is 33.5 Å². The highest BCUT2D eigenvalue weighted by molar-refractivity contribution is 4.52. The first-order chi connectivity index (χ1) is 8.16. The molecule has 6 nitrogen and oxygen atoms in total. The monoisotopic (exact) mass is 242 g/mol. The maximum absolute atomic E-state index is 7.10. The van der Waals surface area contributed by atoms with Gasteiger partial charge in [0, 0.05) is 20.0 Å². The highest BCUT2D eigenvalue weighted by atomic mass is 16.5. The number of hydrogen-bond donors (Lipinski definition) is 2. The number of ether oxygens (including phenoxy) is 1. The summed E-state index contributed by atoms with van der Waals surface area (Å²) in [5.74, 6) is 0. The predicted molar refractivity (Wildman–Crippen MR) is 65.9 cm³/mol. The molecule has 0 aromatic carbocycles. The summed E-state index contributed by atoms with van der Waals surface area (Å²) >= 11 is 0. The molecule has 4 N–H and O–H groups in total. The highest BCUT2D eigenvalue weighted by Crippen LogP contribution is 2.19. The molecule has 0 aromatic rings. The third-order valence-corrected chi connectivity index (χ3v) is 2.62. The van der Waals surface area contributed by atoms with Crippen LogP contribution in [0.3, 0.4) is 0 Å². The first-order valence-corrected chi connectivity index (χ1v) is 5.69. The van der Waals surface area contributed by atoms with Crippen LogP contribution in [-0.4, -0.2) is 38.0 Å². The van der Waals surface area contributed by atoms with Gasteiger partial charge < -0.3 is 20.7 Å². The third-order valence-electron chi connectivity index (χ3n) is 2.62. The van der Waals surface area contributed by atoms with E-state index in [1.54, 1.807) is 0 Å². The molecule has 1 aliphatic heterocycles. The second-order valence-corrected chi connectivity index (χ2v) is 3.90. The van der Waals surface area contributed by atoms with Gasteiger partial charge in [-0.1, -0.05) is 6.92 Å². The van der Waals surface area contributed by atoms with Crippen LogP contribution < -0.4 is 11.5 Å². The van der Waals surface area contributed by atoms with Gasteiger partial charge in [0.1, 0.15) is 0 Å². The lowest BCUT2D eigenvalue weighted by Gasteiger charge is -2.32. The van der Waals surface area contributed by atoms with Crippen molar-refractivity contribution in [1.29, 1.82) is 10.5 Å². The molecule has 0 aromatic heterocycles. The van der Waals surface area contributed by atoms with E-state index in [1.165, 1.54) is 55.8 Å². The Morgan fingerprint density at radius 2 is 1.59 bits per heavy atom. The maximum atomic E-state index is 7.10. The number of likely N-dealkylation sites (tertiary alicyclic amines) is 1. The molecule has 0 atom stereocenters. The lowest BCUT2D eigenvalue weighted by Crippen LogP contribution is -2.47. The molecule has 0 amide bonds. The first kappa shape index (κ1) is 17.9. The van der Waals surface area contributed by atoms with E-state index in [0.717, 1.165) is 6.73 Å². The zero-order valence-corrected chi connectivity index (χ0v) is 10.9. The van der Waals surface area contributed by atoms with Crippen molar-refractivity contribution in [3.8, 4) is 12.4 Å². The van der Waals surface area contributed by atoms with Crippen LogP contribution in [0.1, 0.15) is 26.2 Å². The van der Waals surface area contributed by atoms with Crippen molar-refractivity contribution in [3.63, 3.8) is 0 Å². The fraction of sp³-hybridized carbons (Fsp3) is 0.818. The molecule has 0 spiro atoms. The van der Waals surface area contributed by atoms with Gasteiger partial charge in [-0.2, -0.15) is 10.5 Å². The molecular formula is C11H24N5O+. The second kappa shape index (κ2) is 12.6. The van der Waals surface area contributed by atoms with E-state index in [1.807, 2.05) is 7.11 Å². The van der Waals surface area contributed by atoms with Crippen molar-refractivity contribution < 1.29 is 9.22 Å². The van der Waals surface area contributed by atoms with Crippen LogP contribution in [0.4, 0.5) is 0 Å². The molecule has 0 aliphatic carbocycles. The Morgan fingerprint density at radius 3 is 1.88 bits per heavy atom. The Morgan fingerprint density at radius 1 is 1.18 bits per heavy atom. The third kappa shape index (κ3) is 9.43. The molecular weight excluding hydrogens is 218 g/mol. The fourth-order valence-electron chi connectivity index (χ4n) is 2.17. The number of nitriles is 2. The minimum absolute atomic E-state index is 0.924. The minimum atomic E-state index is 0.924. The molecule has 1 heterocycles. The van der Waals surface area contributed by atoms with Gasteiger partial charge in [-0.25, -0.2) is 0 Å². The zero-order chi connectivity index (χ0) is 13.6. The summed E-state index contributed by atoms with van der Waals surface area (Å²) in [6.45, 7) is 7.15. The molecule has 0 radical (unpaired) electrons. The van der Waals surface area contributed by atoms with Gasteiger partial charge in [-0.3, -0.25) is 0 Å². The van der Waals surface area contributed by atoms with E-state index in [2.05, 4.69) is 18.4 Å². The van der Waals surface area contributed by atoms with Gasteiger partial charge in [0.2, 0.25) is 0 Å². The molecule has 1 fully saturated rings. The van der Waals surface area contributed by atoms with Crippen LogP contribution in [0.5, 0.6) is 0 Å². The van der Waals surface area contributed by atoms with E-state index >= 15 is 0 Å². The molecule has 1 rings (SSSR count). The average Bonchev–Trinajstić information content (AvgIpc) is 2.70. The minimum Gasteiger partial charge on any atom is -0.337 e. The number of nitrogens with zero attached hydrogens (tertiary/aromatic N) is 3. The lowest BCUT2D eigenvalue weighted by atomic mass is 10.4. The Kier molecular flexibility index (Phi) is 13.2. The second-order valence-electron chi connectivity index (χ2n) is 3.90. The van der Waals surface area contributed by atoms with Crippen LogP contribution >= 0.6 is 0 Å². The summed E-state index contributed by atoms with van der Waals surface area (Å²) in [6, 6.07) is 0. The van der Waals surface area contributed by atoms with Crippen molar-refractivity contribution in [2.24, 2.45) is 11.5 Å². The van der Waals surface area contributed by atoms with Crippen molar-refractivity contribution >= 4 is 0 Å². The largest absolute Gasteiger partial charge is 0.337 e. The maximum Gasteiger partial charge on any atom is 0.182 e. The predicted octanol–water partition coefficient (Wildman–Crippen LogP) is 0.463. The van der Waals surface area contributed by atoms with Crippen molar-refractivity contribution in [3.05, 3.63) is 0 Å². The SMILES string of the molecule is CCC[N+]1(COC)CCCC1.N#CN.N#CN. The normalized spacial score (nSPS) is 15.3. The topological polar surface area (TPSA) is 109 Å². The van der Waals surface area contributed by atoms with Gasteiger partial charge in [0.15, 0.2) is 19.1 Å². The Hall–Kier alpha value is -1.50. The van der Waals surface area contributed by atoms with Gasteiger partial charge in [-0.15, -0.1) is 0 Å². The number of rotatable bonds is 4. The lowest BCUT2D eigenvalue weighted by molar-refractivity contribution is -0.934. The quantitative estimate of drug-likeness (QED) is 0.423. The Bertz CT molecular complexity index is 217. The van der Waals surface area contributed by atoms with Gasteiger partial charge >= 0.3 is 0 Å². The summed E-state index contributed by atoms with van der Waals surface area (Å²) in [4.78, 5) is 0. The van der Waals surface area contributed by atoms with Gasteiger partial charge in [0.25, 0.3) is 0 Å². The van der Waals surface area contributed by atoms with E-state index in [-0.39, 0.29) is 0 Å². The van der Waals surface area contributed by atoms with Crippen molar-refractivity contribution in [1.82, 2.24) is 0 Å². The number of quaternary nitrogens is 1. The molecule has 1 saturated heterocycles. The average molecular weight is 242 g/mol. The van der Waals surface area contributed by atoms with Crippen LogP contribution in [0, 0.1) is 22.9 Å². The van der Waals surface area contributed by atoms with E-state index in [9.17, 15) is 0 Å². The van der Waals surface area contributed by atoms with Crippen LogP contribution in [0.2, 0.25) is 0 Å². The summed E-state index contributed by atoms with van der Waals surface area (Å²) in [5.41, 5.74) is 8.31. The van der Waals surface area contributed by atoms with Crippen LogP contribution in [0.15, 0.2) is 0 Å². The Balaban J connectivity index is 0. The fourth-order valence-corrected chi connectivity index (χ4v) is 2.17. The standard InChI is InChI=1S/C9H20NO.2CH2N2/c1-3-6-10(9-11-2)7-4-5-8-10;2*2-1-3/h3-9H2,1-2H3;2*2H2/q+1;;. The molecule has 0 unspecified atom stereocenters. The highest BCUT2D eigenvalue weighted by Gasteiger charge is 2.30. The summed E-state index contributed by atoms with van der Waals surface area (Å²) < 4.78 is 6.47. The van der Waals surface area contributed by atoms with E-state index < -0.39 is 0 Å². The van der Waals surface area contributed by atoms with E-state index in [4.69, 9.17) is 15.3 Å². The smallest absolute Gasteiger partial charge is 0.182 e. The number of hydrogen-bond acceptors (Lipinski definition) is 5. The van der Waals surface area contributed by atoms with Crippen LogP contribution in [-0.2, 0) is 4.74 Å². The summed E-state index contributed by atoms with van der Waals surface area (Å²) in [5, 5.41) is 14.2. The molecule has 17 heavy (non-hydrogen) atoms. The number of nitrogens with two attached hydrogens (primary N) is 2. The van der Waals surface area contributed by atoms with Gasteiger partial charge in [-0.05, 0) is 6.42 Å². The molecule has 0 bridgehead atoms. The number of methoxy groups -OCH3 is 1. The van der Waals surface area contributed by atoms with Gasteiger partial charge in [0.05, 0.1) is 19.6 Å². The Labute approximate surface area is 104 Å². The van der Waals surface area contributed by atoms with Crippen LogP contribution in [0.25, 0.3) is 0 Å². The summed E-state index contributed by atoms with van der Waals surface area (Å²) in [7, 11) is 1.81. The van der Waals surface area contributed by atoms with E-state index in [0.29, 0.717) is 0 Å². The first-order valence-electron chi connectivity index (χ1n) is 5.69. The zero-order valence-electron chi connectivity index (χ0n) is 10.9. The van der Waals surface area contributed by atoms with Crippen molar-refractivity contribution in [2.45, 2.75) is 26.2 Å². The molecule has 98 valence electrons. The molecule has 0 saturated carbocycles. The molecule has 1 aliphatic rings.